The second-order valence-corrected chi connectivity index (χ2v) is 22.7. The molecule has 0 aliphatic heterocycles. The van der Waals surface area contributed by atoms with Crippen molar-refractivity contribution in [2.75, 3.05) is 13.2 Å². The molecule has 432 valence electrons. The van der Waals surface area contributed by atoms with E-state index in [1.807, 2.05) is 0 Å². The van der Waals surface area contributed by atoms with Crippen LogP contribution in [0.25, 0.3) is 0 Å². The topological polar surface area (TPSA) is 78.9 Å². The van der Waals surface area contributed by atoms with Crippen LogP contribution >= 0.6 is 0 Å². The van der Waals surface area contributed by atoms with Gasteiger partial charge in [-0.25, -0.2) is 0 Å². The van der Waals surface area contributed by atoms with Gasteiger partial charge in [0, 0.05) is 19.3 Å². The standard InChI is InChI=1S/C67H128O6/c1-4-7-10-13-16-19-22-25-28-31-32-33-34-37-39-42-45-48-51-54-57-60-66(69)72-63-64(73-67(70)61-58-55-52-49-46-43-40-36-30-27-24-21-18-15-12-9-6-3)62-71-65(68)59-56-53-50-47-44-41-38-35-29-26-23-20-17-14-11-8-5-2/h25,28,64H,4-24,26-27,29-63H2,1-3H3/b28-25-/t64-/m0/s1. The van der Waals surface area contributed by atoms with Crippen molar-refractivity contribution >= 4 is 17.9 Å². The minimum Gasteiger partial charge on any atom is -0.462 e. The monoisotopic (exact) mass is 1030 g/mol. The molecule has 0 heterocycles. The average molecular weight is 1030 g/mol. The summed E-state index contributed by atoms with van der Waals surface area (Å²) in [5.74, 6) is -0.830. The first-order chi connectivity index (χ1) is 36.0. The highest BCUT2D eigenvalue weighted by Gasteiger charge is 2.19. The molecule has 0 N–H and O–H groups in total. The number of esters is 3. The van der Waals surface area contributed by atoms with Crippen molar-refractivity contribution in [2.24, 2.45) is 0 Å². The number of allylic oxidation sites excluding steroid dienone is 2. The van der Waals surface area contributed by atoms with Crippen LogP contribution in [0.15, 0.2) is 12.2 Å². The third-order valence-electron chi connectivity index (χ3n) is 15.3. The smallest absolute Gasteiger partial charge is 0.306 e. The Labute approximate surface area is 456 Å². The van der Waals surface area contributed by atoms with Gasteiger partial charge in [-0.2, -0.15) is 0 Å². The van der Waals surface area contributed by atoms with Gasteiger partial charge < -0.3 is 14.2 Å². The molecule has 0 aliphatic rings. The van der Waals surface area contributed by atoms with Gasteiger partial charge in [0.2, 0.25) is 0 Å². The van der Waals surface area contributed by atoms with E-state index in [-0.39, 0.29) is 31.1 Å². The highest BCUT2D eigenvalue weighted by molar-refractivity contribution is 5.71. The molecule has 0 aliphatic carbocycles. The summed E-state index contributed by atoms with van der Waals surface area (Å²) in [7, 11) is 0. The third kappa shape index (κ3) is 60.9. The number of carbonyl (C=O) groups excluding carboxylic acids is 3. The molecule has 0 bridgehead atoms. The van der Waals surface area contributed by atoms with Crippen LogP contribution in [-0.4, -0.2) is 37.2 Å². The van der Waals surface area contributed by atoms with E-state index in [4.69, 9.17) is 14.2 Å². The van der Waals surface area contributed by atoms with Crippen LogP contribution in [0.1, 0.15) is 380 Å². The van der Waals surface area contributed by atoms with E-state index < -0.39 is 6.10 Å². The Hall–Kier alpha value is -1.85. The Kier molecular flexibility index (Phi) is 61.1. The van der Waals surface area contributed by atoms with Gasteiger partial charge in [0.25, 0.3) is 0 Å². The second kappa shape index (κ2) is 62.7. The first-order valence-corrected chi connectivity index (χ1v) is 33.2. The van der Waals surface area contributed by atoms with Gasteiger partial charge in [-0.05, 0) is 44.9 Å². The molecular weight excluding hydrogens is 901 g/mol. The van der Waals surface area contributed by atoms with Crippen LogP contribution < -0.4 is 0 Å². The minimum atomic E-state index is -0.765. The summed E-state index contributed by atoms with van der Waals surface area (Å²) in [5, 5.41) is 0. The van der Waals surface area contributed by atoms with Crippen LogP contribution in [0.5, 0.6) is 0 Å². The summed E-state index contributed by atoms with van der Waals surface area (Å²) in [6.07, 6.45) is 73.6. The quantitative estimate of drug-likeness (QED) is 0.0261. The minimum absolute atomic E-state index is 0.0629. The molecule has 1 atom stereocenters. The molecule has 6 nitrogen and oxygen atoms in total. The van der Waals surface area contributed by atoms with Crippen molar-refractivity contribution in [3.63, 3.8) is 0 Å². The fourth-order valence-electron chi connectivity index (χ4n) is 10.3. The maximum atomic E-state index is 12.9. The molecule has 0 aromatic heterocycles. The van der Waals surface area contributed by atoms with Gasteiger partial charge in [-0.3, -0.25) is 14.4 Å². The van der Waals surface area contributed by atoms with Crippen LogP contribution in [0.2, 0.25) is 0 Å². The Bertz CT molecular complexity index is 1130. The molecule has 73 heavy (non-hydrogen) atoms. The van der Waals surface area contributed by atoms with E-state index in [1.165, 1.54) is 283 Å². The van der Waals surface area contributed by atoms with Crippen molar-refractivity contribution in [3.05, 3.63) is 12.2 Å². The highest BCUT2D eigenvalue weighted by Crippen LogP contribution is 2.18. The van der Waals surface area contributed by atoms with Crippen LogP contribution in [-0.2, 0) is 28.6 Å². The van der Waals surface area contributed by atoms with Crippen LogP contribution in [0, 0.1) is 0 Å². The van der Waals surface area contributed by atoms with Gasteiger partial charge >= 0.3 is 17.9 Å². The lowest BCUT2D eigenvalue weighted by molar-refractivity contribution is -0.167. The van der Waals surface area contributed by atoms with Crippen molar-refractivity contribution in [3.8, 4) is 0 Å². The number of rotatable bonds is 62. The SMILES string of the molecule is CCCCCCCC/C=C\CCCCCCCCCCCCCC(=O)OC[C@H](COC(=O)CCCCCCCCCCCCCCCCCCC)OC(=O)CCCCCCCCCCCCCCCCCCC. The average Bonchev–Trinajstić information content (AvgIpc) is 3.39. The van der Waals surface area contributed by atoms with E-state index in [0.717, 1.165) is 57.8 Å². The van der Waals surface area contributed by atoms with Crippen LogP contribution in [0.3, 0.4) is 0 Å². The van der Waals surface area contributed by atoms with Crippen molar-refractivity contribution < 1.29 is 28.6 Å². The molecule has 0 aromatic carbocycles. The van der Waals surface area contributed by atoms with Gasteiger partial charge in [-0.1, -0.05) is 328 Å². The van der Waals surface area contributed by atoms with Gasteiger partial charge in [0.05, 0.1) is 0 Å². The van der Waals surface area contributed by atoms with Gasteiger partial charge in [0.1, 0.15) is 13.2 Å². The third-order valence-corrected chi connectivity index (χ3v) is 15.3. The molecule has 0 unspecified atom stereocenters. The summed E-state index contributed by atoms with van der Waals surface area (Å²) in [6, 6.07) is 0. The zero-order valence-corrected chi connectivity index (χ0v) is 49.7. The summed E-state index contributed by atoms with van der Waals surface area (Å²) in [4.78, 5) is 38.4. The summed E-state index contributed by atoms with van der Waals surface area (Å²) < 4.78 is 17.0. The van der Waals surface area contributed by atoms with E-state index in [9.17, 15) is 14.4 Å². The lowest BCUT2D eigenvalue weighted by Crippen LogP contribution is -2.30. The fraction of sp³-hybridized carbons (Fsp3) is 0.925. The van der Waals surface area contributed by atoms with Crippen molar-refractivity contribution in [1.82, 2.24) is 0 Å². The Balaban J connectivity index is 4.28. The molecule has 0 radical (unpaired) electrons. The maximum Gasteiger partial charge on any atom is 0.306 e. The first kappa shape index (κ1) is 71.2. The lowest BCUT2D eigenvalue weighted by atomic mass is 10.0. The molecule has 0 spiro atoms. The van der Waals surface area contributed by atoms with E-state index in [0.29, 0.717) is 19.3 Å². The lowest BCUT2D eigenvalue weighted by Gasteiger charge is -2.18. The maximum absolute atomic E-state index is 12.9. The second-order valence-electron chi connectivity index (χ2n) is 22.7. The largest absolute Gasteiger partial charge is 0.462 e. The number of ether oxygens (including phenoxy) is 3. The van der Waals surface area contributed by atoms with Crippen molar-refractivity contribution in [2.45, 2.75) is 386 Å². The molecule has 6 heteroatoms. The van der Waals surface area contributed by atoms with E-state index in [1.54, 1.807) is 0 Å². The normalized spacial score (nSPS) is 12.0. The molecule has 0 aromatic rings. The van der Waals surface area contributed by atoms with Crippen LogP contribution in [0.4, 0.5) is 0 Å². The highest BCUT2D eigenvalue weighted by atomic mass is 16.6. The van der Waals surface area contributed by atoms with Gasteiger partial charge in [-0.15, -0.1) is 0 Å². The predicted octanol–water partition coefficient (Wildman–Crippen LogP) is 22.4. The van der Waals surface area contributed by atoms with E-state index in [2.05, 4.69) is 32.9 Å². The zero-order chi connectivity index (χ0) is 52.9. The van der Waals surface area contributed by atoms with E-state index >= 15 is 0 Å². The first-order valence-electron chi connectivity index (χ1n) is 33.2. The molecule has 0 saturated carbocycles. The van der Waals surface area contributed by atoms with Crippen molar-refractivity contribution in [1.29, 1.82) is 0 Å². The predicted molar refractivity (Wildman–Crippen MR) is 317 cm³/mol. The summed E-state index contributed by atoms with van der Waals surface area (Å²) >= 11 is 0. The number of hydrogen-bond donors (Lipinski definition) is 0. The zero-order valence-electron chi connectivity index (χ0n) is 49.7. The Morgan fingerprint density at radius 2 is 0.452 bits per heavy atom. The molecule has 0 fully saturated rings. The molecular formula is C67H128O6. The number of carbonyl (C=O) groups is 3. The fourth-order valence-corrected chi connectivity index (χ4v) is 10.3. The molecule has 0 rings (SSSR count). The number of hydrogen-bond acceptors (Lipinski definition) is 6. The summed E-state index contributed by atoms with van der Waals surface area (Å²) in [5.41, 5.74) is 0. The molecule has 0 saturated heterocycles. The number of unbranched alkanes of at least 4 members (excludes halogenated alkanes) is 49. The molecule has 0 amide bonds. The van der Waals surface area contributed by atoms with Gasteiger partial charge in [0.15, 0.2) is 6.10 Å². The Morgan fingerprint density at radius 3 is 0.685 bits per heavy atom. The Morgan fingerprint density at radius 1 is 0.260 bits per heavy atom. The summed E-state index contributed by atoms with van der Waals surface area (Å²) in [6.45, 7) is 6.72.